The number of nitrogens with one attached hydrogen (secondary N) is 2. The average Bonchev–Trinajstić information content (AvgIpc) is 3.08. The molecule has 20 atom stereocenters. The summed E-state index contributed by atoms with van der Waals surface area (Å²) in [6.07, 6.45) is -36.5. The summed E-state index contributed by atoms with van der Waals surface area (Å²) in [5, 5.41) is 129. The molecule has 0 aromatic rings. The number of rotatable bonds is 12. The second-order valence-corrected chi connectivity index (χ2v) is 12.7. The van der Waals surface area contributed by atoms with Gasteiger partial charge in [-0.1, -0.05) is 0 Å². The Morgan fingerprint density at radius 2 is 0.944 bits per heavy atom. The van der Waals surface area contributed by atoms with Crippen molar-refractivity contribution in [2.45, 2.75) is 137 Å². The summed E-state index contributed by atoms with van der Waals surface area (Å²) in [5.41, 5.74) is 0. The van der Waals surface area contributed by atoms with Gasteiger partial charge in [0.15, 0.2) is 37.4 Å². The van der Waals surface area contributed by atoms with Crippen molar-refractivity contribution in [2.24, 2.45) is 0 Å². The van der Waals surface area contributed by atoms with Gasteiger partial charge in [0.1, 0.15) is 85.3 Å². The minimum atomic E-state index is -2.30. The number of carbonyl (C=O) groups excluding carboxylic acids is 2. The number of aliphatic carboxylic acids is 2. The van der Waals surface area contributed by atoms with Crippen LogP contribution in [0.3, 0.4) is 0 Å². The second kappa shape index (κ2) is 19.6. The Kier molecular flexibility index (Phi) is 16.9. The predicted molar refractivity (Wildman–Crippen MR) is 165 cm³/mol. The number of ether oxygens (including phenoxy) is 7. The topological polar surface area (TPSA) is 400 Å². The van der Waals surface area contributed by atoms with E-state index < -0.39 is 160 Å². The number of carbonyl (C=O) groups is 4. The molecule has 54 heavy (non-hydrogen) atoms. The van der Waals surface area contributed by atoms with Gasteiger partial charge in [-0.25, -0.2) is 9.59 Å². The van der Waals surface area contributed by atoms with Crippen LogP contribution in [-0.2, 0) is 52.3 Å². The molecule has 4 aliphatic heterocycles. The average molecular weight is 801 g/mol. The number of carboxylic acid groups (broad SMARTS) is 2. The minimum absolute atomic E-state index is 0. The van der Waals surface area contributed by atoms with Crippen LogP contribution >= 0.6 is 0 Å². The fraction of sp³-hybridized carbons (Fsp3) is 0.857. The fourth-order valence-corrected chi connectivity index (χ4v) is 6.30. The summed E-state index contributed by atoms with van der Waals surface area (Å²) in [7, 11) is 0. The molecule has 306 valence electrons. The van der Waals surface area contributed by atoms with Crippen molar-refractivity contribution < 1.29 is 114 Å². The summed E-state index contributed by atoms with van der Waals surface area (Å²) in [4.78, 5) is 48.2. The molecule has 0 saturated carbocycles. The van der Waals surface area contributed by atoms with Crippen molar-refractivity contribution in [3.63, 3.8) is 0 Å². The standard InChI is InChI=1S/C28H44N2O23.Na.H/c1-5(33)29-9-18(11(35)7(3-31)47-25(9)46)49-28-17(41)15(39)20(22(53-28)24(44)45)51-26-10(30-6(2)34)19(12(36)8(4-32)48-26)50-27-16(40)13(37)14(38)21(52-27)23(42)43;;/h7-22,25-28,31-32,35-41,46H,3-4H2,1-2H3,(H,29,33)(H,30,34)(H,42,43)(H,44,45);;/t7-,8-,9-,10-,11-,12-,13+,14+,15-,16-,17-,18-,19-,20+,21+,22+,25-,26+,27-,28-;;/m1../s1. The van der Waals surface area contributed by atoms with Gasteiger partial charge in [-0.2, -0.15) is 0 Å². The Morgan fingerprint density at radius 1 is 0.519 bits per heavy atom. The Bertz CT molecular complexity index is 1300. The Morgan fingerprint density at radius 3 is 1.43 bits per heavy atom. The van der Waals surface area contributed by atoms with Gasteiger partial charge in [0.05, 0.1) is 13.2 Å². The zero-order chi connectivity index (χ0) is 39.6. The van der Waals surface area contributed by atoms with Gasteiger partial charge in [-0.15, -0.1) is 0 Å². The maximum atomic E-state index is 12.5. The van der Waals surface area contributed by atoms with E-state index in [-0.39, 0.29) is 29.6 Å². The van der Waals surface area contributed by atoms with Crippen LogP contribution in [0, 0.1) is 0 Å². The van der Waals surface area contributed by atoms with Crippen molar-refractivity contribution in [3.8, 4) is 0 Å². The van der Waals surface area contributed by atoms with Gasteiger partial charge in [0, 0.05) is 13.8 Å². The molecule has 4 heterocycles. The van der Waals surface area contributed by atoms with E-state index in [1.807, 2.05) is 0 Å². The monoisotopic (exact) mass is 800 g/mol. The first-order valence-corrected chi connectivity index (χ1v) is 16.1. The van der Waals surface area contributed by atoms with E-state index in [1.54, 1.807) is 0 Å². The zero-order valence-electron chi connectivity index (χ0n) is 27.8. The second-order valence-electron chi connectivity index (χ2n) is 12.7. The van der Waals surface area contributed by atoms with E-state index in [0.29, 0.717) is 0 Å². The summed E-state index contributed by atoms with van der Waals surface area (Å²) < 4.78 is 38.0. The maximum absolute atomic E-state index is 12.5. The summed E-state index contributed by atoms with van der Waals surface area (Å²) in [6, 6.07) is -3.38. The third kappa shape index (κ3) is 10.0. The fourth-order valence-electron chi connectivity index (χ4n) is 6.30. The van der Waals surface area contributed by atoms with E-state index in [4.69, 9.17) is 33.2 Å². The third-order valence-corrected chi connectivity index (χ3v) is 8.94. The van der Waals surface area contributed by atoms with Gasteiger partial charge in [-0.05, 0) is 0 Å². The summed E-state index contributed by atoms with van der Waals surface area (Å²) >= 11 is 0. The first kappa shape index (κ1) is 46.6. The SMILES string of the molecule is CC(=O)N[C@@H]1[C@@H](O[C@@H]2O[C@H](C(=O)O)[C@@H](O[C@@H]3O[C@H](CO)[C@@H](O)[C@H](O[C@@H]4O[C@H](C(=O)O)[C@@H](O)[C@H](O)[C@H]4O)[C@H]3NC(C)=O)[C@H](O)[C@H]2O)[C@H](O)[C@@H](CO)O[C@H]1O.[NaH]. The van der Waals surface area contributed by atoms with Crippen molar-refractivity contribution >= 4 is 53.3 Å². The molecule has 0 spiro atoms. The first-order chi connectivity index (χ1) is 24.8. The molecule has 14 N–H and O–H groups in total. The van der Waals surface area contributed by atoms with Gasteiger partial charge in [-0.3, -0.25) is 9.59 Å². The number of hydrogen-bond acceptors (Lipinski definition) is 21. The number of aliphatic hydroxyl groups excluding tert-OH is 10. The van der Waals surface area contributed by atoms with Crippen LogP contribution < -0.4 is 10.6 Å². The van der Waals surface area contributed by atoms with Crippen LogP contribution in [0.1, 0.15) is 13.8 Å². The molecule has 4 saturated heterocycles. The molecule has 26 heteroatoms. The molecule has 0 aliphatic carbocycles. The van der Waals surface area contributed by atoms with Crippen LogP contribution in [-0.4, -0.2) is 251 Å². The van der Waals surface area contributed by atoms with E-state index in [0.717, 1.165) is 13.8 Å². The normalized spacial score (nSPS) is 45.4. The van der Waals surface area contributed by atoms with E-state index in [2.05, 4.69) is 10.6 Å². The summed E-state index contributed by atoms with van der Waals surface area (Å²) in [6.45, 7) is 0.116. The molecule has 4 fully saturated rings. The molecule has 4 rings (SSSR count). The summed E-state index contributed by atoms with van der Waals surface area (Å²) in [5.74, 6) is -5.28. The Labute approximate surface area is 326 Å². The molecular formula is C28H45N2NaO23. The number of hydrogen-bond donors (Lipinski definition) is 14. The molecule has 2 amide bonds. The van der Waals surface area contributed by atoms with Crippen molar-refractivity contribution in [1.29, 1.82) is 0 Å². The van der Waals surface area contributed by atoms with E-state index in [9.17, 15) is 80.5 Å². The number of carboxylic acids is 2. The zero-order valence-corrected chi connectivity index (χ0v) is 27.8. The van der Waals surface area contributed by atoms with E-state index >= 15 is 0 Å². The van der Waals surface area contributed by atoms with Gasteiger partial charge in [0.25, 0.3) is 0 Å². The Hall–Kier alpha value is -1.80. The van der Waals surface area contributed by atoms with Crippen molar-refractivity contribution in [1.82, 2.24) is 10.6 Å². The molecule has 25 nitrogen and oxygen atoms in total. The number of aliphatic hydroxyl groups is 10. The van der Waals surface area contributed by atoms with Crippen LogP contribution in [0.2, 0.25) is 0 Å². The number of amides is 2. The molecule has 0 aromatic carbocycles. The van der Waals surface area contributed by atoms with E-state index in [1.165, 1.54) is 0 Å². The van der Waals surface area contributed by atoms with Crippen molar-refractivity contribution in [2.75, 3.05) is 13.2 Å². The van der Waals surface area contributed by atoms with Gasteiger partial charge >= 0.3 is 41.5 Å². The first-order valence-electron chi connectivity index (χ1n) is 16.1. The predicted octanol–water partition coefficient (Wildman–Crippen LogP) is -9.93. The van der Waals surface area contributed by atoms with Gasteiger partial charge in [0.2, 0.25) is 11.8 Å². The van der Waals surface area contributed by atoms with Crippen molar-refractivity contribution in [3.05, 3.63) is 0 Å². The molecule has 0 aromatic heterocycles. The van der Waals surface area contributed by atoms with Crippen LogP contribution in [0.15, 0.2) is 0 Å². The molecule has 0 unspecified atom stereocenters. The molecular weight excluding hydrogens is 755 g/mol. The van der Waals surface area contributed by atoms with Crippen LogP contribution in [0.4, 0.5) is 0 Å². The van der Waals surface area contributed by atoms with Crippen LogP contribution in [0.5, 0.6) is 0 Å². The third-order valence-electron chi connectivity index (χ3n) is 8.94. The Balaban J connectivity index is 0.00000784. The van der Waals surface area contributed by atoms with Crippen LogP contribution in [0.25, 0.3) is 0 Å². The quantitative estimate of drug-likeness (QED) is 0.0815. The van der Waals surface area contributed by atoms with Gasteiger partial charge < -0.3 is 105 Å². The molecule has 4 aliphatic rings. The molecule has 0 bridgehead atoms. The molecule has 0 radical (unpaired) electrons.